The van der Waals surface area contributed by atoms with Gasteiger partial charge in [0.2, 0.25) is 0 Å². The SMILES string of the molecule is CC(C)c1ccc(C(=O)OCC(=O)Nc2ccc(I)cc2)cc1. The van der Waals surface area contributed by atoms with E-state index in [-0.39, 0.29) is 12.5 Å². The van der Waals surface area contributed by atoms with Crippen LogP contribution in [0.5, 0.6) is 0 Å². The summed E-state index contributed by atoms with van der Waals surface area (Å²) in [4.78, 5) is 23.7. The van der Waals surface area contributed by atoms with Gasteiger partial charge in [0.05, 0.1) is 5.56 Å². The Morgan fingerprint density at radius 1 is 1.04 bits per heavy atom. The molecule has 1 amide bonds. The Hall–Kier alpha value is -1.89. The molecular formula is C18H18INO3. The van der Waals surface area contributed by atoms with E-state index in [1.54, 1.807) is 24.3 Å². The summed E-state index contributed by atoms with van der Waals surface area (Å²) >= 11 is 2.19. The van der Waals surface area contributed by atoms with Gasteiger partial charge in [-0.15, -0.1) is 0 Å². The van der Waals surface area contributed by atoms with Crippen LogP contribution in [-0.4, -0.2) is 18.5 Å². The lowest BCUT2D eigenvalue weighted by atomic mass is 10.0. The third-order valence-corrected chi connectivity index (χ3v) is 3.99. The van der Waals surface area contributed by atoms with Gasteiger partial charge in [-0.3, -0.25) is 4.79 Å². The maximum absolute atomic E-state index is 11.9. The normalized spacial score (nSPS) is 10.4. The van der Waals surface area contributed by atoms with E-state index in [0.29, 0.717) is 17.2 Å². The van der Waals surface area contributed by atoms with Crippen molar-refractivity contribution in [1.29, 1.82) is 0 Å². The highest BCUT2D eigenvalue weighted by Crippen LogP contribution is 2.15. The number of benzene rings is 2. The Labute approximate surface area is 149 Å². The number of halogens is 1. The lowest BCUT2D eigenvalue weighted by Gasteiger charge is -2.08. The number of nitrogens with one attached hydrogen (secondary N) is 1. The predicted molar refractivity (Wildman–Crippen MR) is 98.6 cm³/mol. The second kappa shape index (κ2) is 8.10. The fraction of sp³-hybridized carbons (Fsp3) is 0.222. The summed E-state index contributed by atoms with van der Waals surface area (Å²) in [7, 11) is 0. The second-order valence-electron chi connectivity index (χ2n) is 5.41. The Bertz CT molecular complexity index is 678. The van der Waals surface area contributed by atoms with Crippen molar-refractivity contribution in [2.24, 2.45) is 0 Å². The van der Waals surface area contributed by atoms with E-state index in [4.69, 9.17) is 4.74 Å². The van der Waals surface area contributed by atoms with Crippen LogP contribution in [-0.2, 0) is 9.53 Å². The molecule has 2 rings (SSSR count). The topological polar surface area (TPSA) is 55.4 Å². The number of hydrogen-bond acceptors (Lipinski definition) is 3. The van der Waals surface area contributed by atoms with Crippen LogP contribution in [0.3, 0.4) is 0 Å². The van der Waals surface area contributed by atoms with Crippen LogP contribution in [0.4, 0.5) is 5.69 Å². The molecule has 0 aliphatic rings. The Balaban J connectivity index is 1.85. The fourth-order valence-corrected chi connectivity index (χ4v) is 2.31. The first-order valence-electron chi connectivity index (χ1n) is 7.28. The van der Waals surface area contributed by atoms with Gasteiger partial charge in [0.15, 0.2) is 6.61 Å². The molecule has 0 radical (unpaired) electrons. The minimum Gasteiger partial charge on any atom is -0.452 e. The monoisotopic (exact) mass is 423 g/mol. The van der Waals surface area contributed by atoms with E-state index in [0.717, 1.165) is 9.13 Å². The molecule has 0 spiro atoms. The highest BCUT2D eigenvalue weighted by atomic mass is 127. The molecule has 0 heterocycles. The molecule has 23 heavy (non-hydrogen) atoms. The molecule has 0 unspecified atom stereocenters. The third-order valence-electron chi connectivity index (χ3n) is 3.28. The molecule has 0 aliphatic carbocycles. The van der Waals surface area contributed by atoms with E-state index in [1.807, 2.05) is 24.3 Å². The summed E-state index contributed by atoms with van der Waals surface area (Å²) in [5.74, 6) is -0.462. The smallest absolute Gasteiger partial charge is 0.338 e. The zero-order valence-electron chi connectivity index (χ0n) is 13.0. The van der Waals surface area contributed by atoms with E-state index < -0.39 is 5.97 Å². The summed E-state index contributed by atoms with van der Waals surface area (Å²) in [6.07, 6.45) is 0. The van der Waals surface area contributed by atoms with Gasteiger partial charge in [-0.2, -0.15) is 0 Å². The van der Waals surface area contributed by atoms with Crippen LogP contribution in [0.1, 0.15) is 35.7 Å². The van der Waals surface area contributed by atoms with Crippen molar-refractivity contribution < 1.29 is 14.3 Å². The lowest BCUT2D eigenvalue weighted by molar-refractivity contribution is -0.119. The number of anilines is 1. The summed E-state index contributed by atoms with van der Waals surface area (Å²) in [5.41, 5.74) is 2.27. The van der Waals surface area contributed by atoms with E-state index >= 15 is 0 Å². The summed E-state index contributed by atoms with van der Waals surface area (Å²) in [6, 6.07) is 14.6. The first kappa shape index (κ1) is 17.5. The van der Waals surface area contributed by atoms with E-state index in [9.17, 15) is 9.59 Å². The molecule has 0 saturated carbocycles. The van der Waals surface area contributed by atoms with Gasteiger partial charge in [0.1, 0.15) is 0 Å². The van der Waals surface area contributed by atoms with Crippen LogP contribution in [0.15, 0.2) is 48.5 Å². The van der Waals surface area contributed by atoms with Crippen LogP contribution in [0, 0.1) is 3.57 Å². The van der Waals surface area contributed by atoms with Crippen LogP contribution >= 0.6 is 22.6 Å². The van der Waals surface area contributed by atoms with Gasteiger partial charge in [0, 0.05) is 9.26 Å². The number of amides is 1. The molecule has 0 aromatic heterocycles. The molecule has 0 aliphatic heterocycles. The van der Waals surface area contributed by atoms with Crippen molar-refractivity contribution in [2.45, 2.75) is 19.8 Å². The summed E-state index contributed by atoms with van der Waals surface area (Å²) in [5, 5.41) is 2.68. The van der Waals surface area contributed by atoms with Crippen LogP contribution in [0.2, 0.25) is 0 Å². The molecular weight excluding hydrogens is 405 g/mol. The third kappa shape index (κ3) is 5.35. The Kier molecular flexibility index (Phi) is 6.15. The van der Waals surface area contributed by atoms with Crippen LogP contribution in [0.25, 0.3) is 0 Å². The summed E-state index contributed by atoms with van der Waals surface area (Å²) < 4.78 is 6.11. The minimum atomic E-state index is -0.502. The van der Waals surface area contributed by atoms with Crippen molar-refractivity contribution >= 4 is 40.2 Å². The first-order chi connectivity index (χ1) is 11.0. The largest absolute Gasteiger partial charge is 0.452 e. The van der Waals surface area contributed by atoms with Crippen molar-refractivity contribution in [3.63, 3.8) is 0 Å². The van der Waals surface area contributed by atoms with E-state index in [1.165, 1.54) is 0 Å². The van der Waals surface area contributed by atoms with E-state index in [2.05, 4.69) is 41.8 Å². The van der Waals surface area contributed by atoms with Gasteiger partial charge < -0.3 is 10.1 Å². The maximum atomic E-state index is 11.9. The predicted octanol–water partition coefficient (Wildman–Crippen LogP) is 4.21. The van der Waals surface area contributed by atoms with Crippen molar-refractivity contribution in [3.8, 4) is 0 Å². The lowest BCUT2D eigenvalue weighted by Crippen LogP contribution is -2.20. The zero-order chi connectivity index (χ0) is 16.8. The molecule has 2 aromatic carbocycles. The fourth-order valence-electron chi connectivity index (χ4n) is 1.95. The minimum absolute atomic E-state index is 0.309. The number of hydrogen-bond donors (Lipinski definition) is 1. The molecule has 120 valence electrons. The quantitative estimate of drug-likeness (QED) is 0.579. The molecule has 4 nitrogen and oxygen atoms in total. The number of carbonyl (C=O) groups is 2. The first-order valence-corrected chi connectivity index (χ1v) is 8.36. The number of ether oxygens (including phenoxy) is 1. The molecule has 0 saturated heterocycles. The van der Waals surface area contributed by atoms with Gasteiger partial charge in [-0.1, -0.05) is 26.0 Å². The van der Waals surface area contributed by atoms with Crippen LogP contribution < -0.4 is 5.32 Å². The highest BCUT2D eigenvalue weighted by molar-refractivity contribution is 14.1. The maximum Gasteiger partial charge on any atom is 0.338 e. The van der Waals surface area contributed by atoms with Gasteiger partial charge >= 0.3 is 5.97 Å². The average molecular weight is 423 g/mol. The van der Waals surface area contributed by atoms with Gasteiger partial charge in [0.25, 0.3) is 5.91 Å². The standard InChI is InChI=1S/C18H18INO3/c1-12(2)13-3-5-14(6-4-13)18(22)23-11-17(21)20-16-9-7-15(19)8-10-16/h3-10,12H,11H2,1-2H3,(H,20,21). The molecule has 0 atom stereocenters. The van der Waals surface area contributed by atoms with Gasteiger partial charge in [-0.25, -0.2) is 4.79 Å². The molecule has 0 fully saturated rings. The molecule has 5 heteroatoms. The average Bonchev–Trinajstić information content (AvgIpc) is 2.55. The van der Waals surface area contributed by atoms with Crippen molar-refractivity contribution in [3.05, 3.63) is 63.2 Å². The molecule has 0 bridgehead atoms. The Morgan fingerprint density at radius 3 is 2.22 bits per heavy atom. The van der Waals surface area contributed by atoms with Gasteiger partial charge in [-0.05, 0) is 70.5 Å². The number of esters is 1. The second-order valence-corrected chi connectivity index (χ2v) is 6.65. The number of carbonyl (C=O) groups excluding carboxylic acids is 2. The highest BCUT2D eigenvalue weighted by Gasteiger charge is 2.11. The number of rotatable bonds is 5. The zero-order valence-corrected chi connectivity index (χ0v) is 15.2. The molecule has 1 N–H and O–H groups in total. The van der Waals surface area contributed by atoms with Crippen molar-refractivity contribution in [1.82, 2.24) is 0 Å². The van der Waals surface area contributed by atoms with Crippen molar-refractivity contribution in [2.75, 3.05) is 11.9 Å². The molecule has 2 aromatic rings. The summed E-state index contributed by atoms with van der Waals surface area (Å²) in [6.45, 7) is 3.86. The Morgan fingerprint density at radius 2 is 1.65 bits per heavy atom.